The van der Waals surface area contributed by atoms with E-state index in [4.69, 9.17) is 0 Å². The van der Waals surface area contributed by atoms with Gasteiger partial charge in [0, 0.05) is 24.2 Å². The van der Waals surface area contributed by atoms with Crippen molar-refractivity contribution in [2.45, 2.75) is 92.8 Å². The Balaban J connectivity index is 2.22. The van der Waals surface area contributed by atoms with E-state index in [9.17, 15) is 5.11 Å². The lowest BCUT2D eigenvalue weighted by Gasteiger charge is -2.35. The van der Waals surface area contributed by atoms with E-state index in [0.717, 1.165) is 23.0 Å². The van der Waals surface area contributed by atoms with Crippen LogP contribution in [0, 0.1) is 5.41 Å². The normalized spacial score (nSPS) is 13.1. The molecule has 3 aromatic rings. The van der Waals surface area contributed by atoms with Crippen molar-refractivity contribution in [2.24, 2.45) is 5.41 Å². The third-order valence-corrected chi connectivity index (χ3v) is 6.18. The first-order valence-electron chi connectivity index (χ1n) is 11.7. The fraction of sp³-hybridized carbons (Fsp3) is 0.556. The molecule has 1 aromatic heterocycles. The van der Waals surface area contributed by atoms with Crippen LogP contribution in [0.2, 0.25) is 0 Å². The predicted octanol–water partition coefficient (Wildman–Crippen LogP) is 6.46. The van der Waals surface area contributed by atoms with E-state index >= 15 is 0 Å². The minimum Gasteiger partial charge on any atom is -0.505 e. The highest BCUT2D eigenvalue weighted by Crippen LogP contribution is 2.40. The fourth-order valence-corrected chi connectivity index (χ4v) is 4.98. The molecule has 0 radical (unpaired) electrons. The van der Waals surface area contributed by atoms with Crippen LogP contribution in [0.25, 0.3) is 16.7 Å². The van der Waals surface area contributed by atoms with Gasteiger partial charge in [-0.1, -0.05) is 58.0 Å². The molecule has 0 aliphatic rings. The molecule has 0 aliphatic carbocycles. The Kier molecular flexibility index (Phi) is 6.71. The highest BCUT2D eigenvalue weighted by atomic mass is 16.3. The van der Waals surface area contributed by atoms with Crippen LogP contribution in [0.5, 0.6) is 5.75 Å². The standard InChI is InChI=1S/C27H40N4O/c1-18(2)30(19(3)4)16-20-14-21(27(8,9)17-26(5,6)7)15-24(25(20)32)31-23-13-11-10-12-22(23)28-29-31/h10-15,18-19,32H,16-17H2,1-9H3. The maximum absolute atomic E-state index is 11.4. The van der Waals surface area contributed by atoms with Crippen molar-refractivity contribution < 1.29 is 5.11 Å². The molecular weight excluding hydrogens is 396 g/mol. The molecule has 0 aliphatic heterocycles. The Hall–Kier alpha value is -2.40. The van der Waals surface area contributed by atoms with Crippen LogP contribution in [0.1, 0.15) is 79.9 Å². The number of hydrogen-bond donors (Lipinski definition) is 1. The van der Waals surface area contributed by atoms with Gasteiger partial charge in [0.1, 0.15) is 17.0 Å². The highest BCUT2D eigenvalue weighted by Gasteiger charge is 2.30. The number of hydrogen-bond acceptors (Lipinski definition) is 4. The second kappa shape index (κ2) is 8.86. The van der Waals surface area contributed by atoms with Crippen molar-refractivity contribution in [3.05, 3.63) is 47.5 Å². The molecule has 5 nitrogen and oxygen atoms in total. The van der Waals surface area contributed by atoms with Crippen LogP contribution in [-0.2, 0) is 12.0 Å². The van der Waals surface area contributed by atoms with E-state index in [1.165, 1.54) is 5.56 Å². The molecule has 0 spiro atoms. The number of phenolic OH excluding ortho intramolecular Hbond substituents is 1. The molecule has 0 fully saturated rings. The summed E-state index contributed by atoms with van der Waals surface area (Å²) in [5, 5.41) is 20.2. The van der Waals surface area contributed by atoms with Crippen molar-refractivity contribution in [3.63, 3.8) is 0 Å². The Labute approximate surface area is 193 Å². The number of aromatic hydroxyl groups is 1. The Morgan fingerprint density at radius 2 is 1.59 bits per heavy atom. The number of fused-ring (bicyclic) bond motifs is 1. The fourth-order valence-electron chi connectivity index (χ4n) is 4.98. The summed E-state index contributed by atoms with van der Waals surface area (Å²) >= 11 is 0. The Bertz CT molecular complexity index is 1060. The van der Waals surface area contributed by atoms with Crippen molar-refractivity contribution in [1.29, 1.82) is 0 Å². The van der Waals surface area contributed by atoms with Crippen molar-refractivity contribution >= 4 is 11.0 Å². The first kappa shape index (κ1) is 24.2. The largest absolute Gasteiger partial charge is 0.505 e. The van der Waals surface area contributed by atoms with Crippen molar-refractivity contribution in [1.82, 2.24) is 19.9 Å². The highest BCUT2D eigenvalue weighted by molar-refractivity contribution is 5.77. The second-order valence-electron chi connectivity index (χ2n) is 11.5. The Morgan fingerprint density at radius 3 is 2.19 bits per heavy atom. The topological polar surface area (TPSA) is 54.2 Å². The van der Waals surface area contributed by atoms with Gasteiger partial charge in [0.2, 0.25) is 0 Å². The van der Waals surface area contributed by atoms with Crippen molar-refractivity contribution in [3.8, 4) is 11.4 Å². The van der Waals surface area contributed by atoms with E-state index in [1.54, 1.807) is 4.68 Å². The third-order valence-electron chi connectivity index (χ3n) is 6.18. The minimum atomic E-state index is -0.0632. The van der Waals surface area contributed by atoms with Gasteiger partial charge in [-0.3, -0.25) is 4.90 Å². The molecule has 5 heteroatoms. The van der Waals surface area contributed by atoms with Gasteiger partial charge in [-0.25, -0.2) is 4.68 Å². The van der Waals surface area contributed by atoms with Crippen molar-refractivity contribution in [2.75, 3.05) is 0 Å². The summed E-state index contributed by atoms with van der Waals surface area (Å²) in [5.41, 5.74) is 4.67. The molecular formula is C27H40N4O. The molecule has 32 heavy (non-hydrogen) atoms. The van der Waals surface area contributed by atoms with E-state index in [0.29, 0.717) is 24.3 Å². The maximum Gasteiger partial charge on any atom is 0.145 e. The van der Waals surface area contributed by atoms with Gasteiger partial charge >= 0.3 is 0 Å². The lowest BCUT2D eigenvalue weighted by molar-refractivity contribution is 0.164. The predicted molar refractivity (Wildman–Crippen MR) is 133 cm³/mol. The Morgan fingerprint density at radius 1 is 0.969 bits per heavy atom. The molecule has 174 valence electrons. The number of aromatic nitrogens is 3. The number of benzene rings is 2. The first-order chi connectivity index (χ1) is 14.8. The molecule has 0 bridgehead atoms. The molecule has 0 unspecified atom stereocenters. The summed E-state index contributed by atoms with van der Waals surface area (Å²) in [4.78, 5) is 2.40. The van der Waals surface area contributed by atoms with Crippen LogP contribution in [0.15, 0.2) is 36.4 Å². The summed E-state index contributed by atoms with van der Waals surface area (Å²) in [6.45, 7) is 20.9. The number of nitrogens with zero attached hydrogens (tertiary/aromatic N) is 4. The van der Waals surface area contributed by atoms with E-state index in [2.05, 4.69) is 89.7 Å². The van der Waals surface area contributed by atoms with Gasteiger partial charge in [-0.05, 0) is 68.7 Å². The SMILES string of the molecule is CC(C)N(Cc1cc(C(C)(C)CC(C)(C)C)cc(-n2nnc3ccccc32)c1O)C(C)C. The molecule has 0 atom stereocenters. The van der Waals surface area contributed by atoms with Gasteiger partial charge < -0.3 is 5.11 Å². The average Bonchev–Trinajstić information content (AvgIpc) is 3.08. The first-order valence-corrected chi connectivity index (χ1v) is 11.7. The maximum atomic E-state index is 11.4. The zero-order valence-electron chi connectivity index (χ0n) is 21.3. The number of para-hydroxylation sites is 1. The van der Waals surface area contributed by atoms with E-state index in [-0.39, 0.29) is 16.6 Å². The summed E-state index contributed by atoms with van der Waals surface area (Å²) in [7, 11) is 0. The molecule has 2 aromatic carbocycles. The minimum absolute atomic E-state index is 0.0632. The monoisotopic (exact) mass is 436 g/mol. The molecule has 1 heterocycles. The van der Waals surface area contributed by atoms with Gasteiger partial charge in [-0.2, -0.15) is 0 Å². The molecule has 0 saturated heterocycles. The second-order valence-corrected chi connectivity index (χ2v) is 11.5. The van der Waals surface area contributed by atoms with Crippen LogP contribution < -0.4 is 0 Å². The van der Waals surface area contributed by atoms with Gasteiger partial charge in [0.25, 0.3) is 0 Å². The van der Waals surface area contributed by atoms with E-state index < -0.39 is 0 Å². The lowest BCUT2D eigenvalue weighted by atomic mass is 9.72. The zero-order chi connectivity index (χ0) is 23.8. The number of rotatable bonds is 7. The molecule has 0 saturated carbocycles. The summed E-state index contributed by atoms with van der Waals surface area (Å²) in [6.07, 6.45) is 1.03. The summed E-state index contributed by atoms with van der Waals surface area (Å²) < 4.78 is 1.78. The summed E-state index contributed by atoms with van der Waals surface area (Å²) in [6, 6.07) is 12.9. The zero-order valence-corrected chi connectivity index (χ0v) is 21.3. The summed E-state index contributed by atoms with van der Waals surface area (Å²) in [5.74, 6) is 0.280. The molecule has 1 N–H and O–H groups in total. The molecule has 0 amide bonds. The van der Waals surface area contributed by atoms with Gasteiger partial charge in [0.15, 0.2) is 0 Å². The third kappa shape index (κ3) is 5.15. The van der Waals surface area contributed by atoms with Crippen LogP contribution in [0.4, 0.5) is 0 Å². The average molecular weight is 437 g/mol. The molecule has 3 rings (SSSR count). The number of phenols is 1. The lowest BCUT2D eigenvalue weighted by Crippen LogP contribution is -2.36. The van der Waals surface area contributed by atoms with Crippen LogP contribution >= 0.6 is 0 Å². The smallest absolute Gasteiger partial charge is 0.145 e. The quantitative estimate of drug-likeness (QED) is 0.462. The van der Waals surface area contributed by atoms with Gasteiger partial charge in [0.05, 0.1) is 5.52 Å². The van der Waals surface area contributed by atoms with Crippen LogP contribution in [0.3, 0.4) is 0 Å². The van der Waals surface area contributed by atoms with Crippen LogP contribution in [-0.4, -0.2) is 37.1 Å². The van der Waals surface area contributed by atoms with Gasteiger partial charge in [-0.15, -0.1) is 5.10 Å². The van der Waals surface area contributed by atoms with E-state index in [1.807, 2.05) is 24.3 Å².